The van der Waals surface area contributed by atoms with Crippen LogP contribution in [0.3, 0.4) is 0 Å². The minimum atomic E-state index is -0.467. The minimum Gasteiger partial charge on any atom is -0.385 e. The fourth-order valence-corrected chi connectivity index (χ4v) is 10.0. The summed E-state index contributed by atoms with van der Waals surface area (Å²) in [6, 6.07) is 62.2. The molecule has 3 aliphatic rings. The molecule has 6 aromatic carbocycles. The van der Waals surface area contributed by atoms with E-state index < -0.39 is 5.41 Å². The molecule has 9 aromatic rings. The Morgan fingerprint density at radius 3 is 1.88 bits per heavy atom. The lowest BCUT2D eigenvalue weighted by Gasteiger charge is -2.37. The van der Waals surface area contributed by atoms with E-state index in [0.29, 0.717) is 6.54 Å². The number of fused-ring (bicyclic) bond motifs is 9. The van der Waals surface area contributed by atoms with Crippen molar-refractivity contribution in [3.8, 4) is 22.5 Å². The molecule has 1 aliphatic carbocycles. The second kappa shape index (κ2) is 12.3. The molecule has 5 heteroatoms. The van der Waals surface area contributed by atoms with Gasteiger partial charge in [-0.25, -0.2) is 0 Å². The van der Waals surface area contributed by atoms with Gasteiger partial charge in [-0.1, -0.05) is 127 Å². The second-order valence-electron chi connectivity index (χ2n) is 15.2. The molecule has 270 valence electrons. The fourth-order valence-electron chi connectivity index (χ4n) is 10.0. The van der Waals surface area contributed by atoms with Gasteiger partial charge >= 0.3 is 0 Å². The monoisotopic (exact) mass is 731 g/mol. The molecule has 0 radical (unpaired) electrons. The molecule has 0 bridgehead atoms. The zero-order valence-corrected chi connectivity index (χ0v) is 31.2. The average molecular weight is 732 g/mol. The smallest absolute Gasteiger partial charge is 0.0961 e. The van der Waals surface area contributed by atoms with Crippen LogP contribution in [-0.2, 0) is 18.5 Å². The molecule has 0 saturated carbocycles. The van der Waals surface area contributed by atoms with Crippen molar-refractivity contribution in [1.82, 2.24) is 24.8 Å². The van der Waals surface area contributed by atoms with Gasteiger partial charge in [-0.2, -0.15) is 0 Å². The van der Waals surface area contributed by atoms with E-state index in [0.717, 1.165) is 29.0 Å². The van der Waals surface area contributed by atoms with Crippen LogP contribution >= 0.6 is 0 Å². The van der Waals surface area contributed by atoms with E-state index >= 15 is 0 Å². The number of hydrogen-bond donors (Lipinski definition) is 2. The predicted octanol–water partition coefficient (Wildman–Crippen LogP) is 10.9. The lowest BCUT2D eigenvalue weighted by atomic mass is 9.69. The Hall–Kier alpha value is -7.37. The molecule has 57 heavy (non-hydrogen) atoms. The molecule has 0 fully saturated rings. The fraction of sp³-hybridized carbons (Fsp3) is 0.0577. The van der Waals surface area contributed by atoms with Crippen LogP contribution in [0.1, 0.15) is 44.8 Å². The van der Waals surface area contributed by atoms with Crippen LogP contribution in [0.25, 0.3) is 56.1 Å². The number of para-hydroxylation sites is 1. The summed E-state index contributed by atoms with van der Waals surface area (Å²) in [5, 5.41) is 8.74. The predicted molar refractivity (Wildman–Crippen MR) is 231 cm³/mol. The number of pyridine rings is 1. The molecular weight excluding hydrogens is 695 g/mol. The van der Waals surface area contributed by atoms with E-state index in [1.807, 2.05) is 18.5 Å². The quantitative estimate of drug-likeness (QED) is 0.185. The van der Waals surface area contributed by atoms with Crippen LogP contribution in [-0.4, -0.2) is 14.1 Å². The van der Waals surface area contributed by atoms with Gasteiger partial charge in [-0.3, -0.25) is 4.98 Å². The van der Waals surface area contributed by atoms with E-state index in [4.69, 9.17) is 4.98 Å². The van der Waals surface area contributed by atoms with Gasteiger partial charge < -0.3 is 19.8 Å². The van der Waals surface area contributed by atoms with Crippen LogP contribution in [0, 0.1) is 0 Å². The van der Waals surface area contributed by atoms with Crippen molar-refractivity contribution in [3.05, 3.63) is 233 Å². The standard InChI is InChI=1S/C52H37N5/c1-3-12-36(13-4-1)52(37-14-5-2-6-15-37)43-18-9-7-16-40(43)49-48-41-17-8-10-19-44(41)56(47(48)33-55-51(49)52)38-25-21-34(22-26-38)35-23-27-39(28-24-35)57-45-20-11-30-54-50(45)42-29-31-53-32-46(42)57/h1-31,53,55H,32-33H2. The molecule has 0 spiro atoms. The molecule has 0 saturated heterocycles. The molecule has 2 aliphatic heterocycles. The molecule has 0 amide bonds. The number of aromatic nitrogens is 3. The van der Waals surface area contributed by atoms with Crippen molar-refractivity contribution in [2.24, 2.45) is 0 Å². The maximum atomic E-state index is 4.73. The van der Waals surface area contributed by atoms with Gasteiger partial charge in [-0.05, 0) is 88.1 Å². The zero-order valence-electron chi connectivity index (χ0n) is 31.2. The summed E-state index contributed by atoms with van der Waals surface area (Å²) in [5.74, 6) is 0. The summed E-state index contributed by atoms with van der Waals surface area (Å²) in [6.45, 7) is 1.48. The molecule has 0 atom stereocenters. The maximum Gasteiger partial charge on any atom is 0.0961 e. The van der Waals surface area contributed by atoms with Crippen molar-refractivity contribution >= 4 is 33.6 Å². The number of allylic oxidation sites excluding steroid dienone is 1. The number of nitrogens with zero attached hydrogens (tertiary/aromatic N) is 3. The lowest BCUT2D eigenvalue weighted by Crippen LogP contribution is -2.37. The Morgan fingerprint density at radius 2 is 1.16 bits per heavy atom. The third kappa shape index (κ3) is 4.48. The SMILES string of the molecule is C1=Cc2c(n(-c3ccc(-c4ccc(-n5c6c(c7ccccc75)C5=C(NC6)C(c6ccccc6)(c6ccccc6)c6ccccc65)cc4)cc3)c3cccnc23)CN1. The number of hydrogen-bond acceptors (Lipinski definition) is 3. The maximum absolute atomic E-state index is 4.73. The largest absolute Gasteiger partial charge is 0.385 e. The number of nitrogens with one attached hydrogen (secondary N) is 2. The van der Waals surface area contributed by atoms with Crippen LogP contribution < -0.4 is 10.6 Å². The Morgan fingerprint density at radius 1 is 0.544 bits per heavy atom. The summed E-state index contributed by atoms with van der Waals surface area (Å²) < 4.78 is 4.81. The van der Waals surface area contributed by atoms with Gasteiger partial charge in [-0.15, -0.1) is 0 Å². The first-order valence-corrected chi connectivity index (χ1v) is 19.7. The number of rotatable bonds is 5. The Bertz CT molecular complexity index is 3050. The van der Waals surface area contributed by atoms with Crippen molar-refractivity contribution in [1.29, 1.82) is 0 Å². The topological polar surface area (TPSA) is 46.8 Å². The second-order valence-corrected chi connectivity index (χ2v) is 15.2. The van der Waals surface area contributed by atoms with Gasteiger partial charge in [0.1, 0.15) is 0 Å². The highest BCUT2D eigenvalue weighted by Gasteiger charge is 2.50. The van der Waals surface area contributed by atoms with Crippen molar-refractivity contribution in [2.75, 3.05) is 0 Å². The van der Waals surface area contributed by atoms with Gasteiger partial charge in [0.2, 0.25) is 0 Å². The highest BCUT2D eigenvalue weighted by atomic mass is 15.1. The minimum absolute atomic E-state index is 0.467. The zero-order chi connectivity index (χ0) is 37.5. The van der Waals surface area contributed by atoms with Crippen LogP contribution in [0.2, 0.25) is 0 Å². The van der Waals surface area contributed by atoms with Gasteiger partial charge in [0.15, 0.2) is 0 Å². The van der Waals surface area contributed by atoms with E-state index in [2.05, 4.69) is 190 Å². The molecular formula is C52H37N5. The molecule has 5 heterocycles. The molecule has 3 aromatic heterocycles. The normalized spacial score (nSPS) is 14.8. The van der Waals surface area contributed by atoms with Crippen LogP contribution in [0.5, 0.6) is 0 Å². The first-order valence-electron chi connectivity index (χ1n) is 19.7. The third-order valence-corrected chi connectivity index (χ3v) is 12.4. The third-order valence-electron chi connectivity index (χ3n) is 12.4. The van der Waals surface area contributed by atoms with E-state index in [-0.39, 0.29) is 0 Å². The van der Waals surface area contributed by atoms with Crippen molar-refractivity contribution in [2.45, 2.75) is 18.5 Å². The first-order chi connectivity index (χ1) is 28.3. The Kier molecular flexibility index (Phi) is 6.90. The van der Waals surface area contributed by atoms with E-state index in [1.54, 1.807) is 0 Å². The summed E-state index contributed by atoms with van der Waals surface area (Å²) in [7, 11) is 0. The summed E-state index contributed by atoms with van der Waals surface area (Å²) >= 11 is 0. The average Bonchev–Trinajstić information content (AvgIpc) is 3.92. The molecule has 5 nitrogen and oxygen atoms in total. The van der Waals surface area contributed by atoms with Crippen LogP contribution in [0.15, 0.2) is 188 Å². The highest BCUT2D eigenvalue weighted by molar-refractivity contribution is 6.05. The lowest BCUT2D eigenvalue weighted by molar-refractivity contribution is 0.629. The van der Waals surface area contributed by atoms with Crippen molar-refractivity contribution < 1.29 is 0 Å². The van der Waals surface area contributed by atoms with Crippen LogP contribution in [0.4, 0.5) is 0 Å². The highest BCUT2D eigenvalue weighted by Crippen LogP contribution is 2.57. The molecule has 0 unspecified atom stereocenters. The summed E-state index contributed by atoms with van der Waals surface area (Å²) in [6.07, 6.45) is 6.02. The van der Waals surface area contributed by atoms with Gasteiger partial charge in [0, 0.05) is 45.4 Å². The molecule has 12 rings (SSSR count). The van der Waals surface area contributed by atoms with Crippen molar-refractivity contribution in [3.63, 3.8) is 0 Å². The number of benzene rings is 6. The van der Waals surface area contributed by atoms with Gasteiger partial charge in [0.05, 0.1) is 46.4 Å². The van der Waals surface area contributed by atoms with E-state index in [9.17, 15) is 0 Å². The van der Waals surface area contributed by atoms with Gasteiger partial charge in [0.25, 0.3) is 0 Å². The first kappa shape index (κ1) is 31.9. The Labute approximate surface area is 330 Å². The summed E-state index contributed by atoms with van der Waals surface area (Å²) in [5.41, 5.74) is 20.3. The molecule has 2 N–H and O–H groups in total. The Balaban J connectivity index is 0.978. The summed E-state index contributed by atoms with van der Waals surface area (Å²) in [4.78, 5) is 4.73. The van der Waals surface area contributed by atoms with E-state index in [1.165, 1.54) is 78.1 Å².